The van der Waals surface area contributed by atoms with Crippen LogP contribution in [0.4, 0.5) is 5.69 Å². The molecule has 0 aliphatic heterocycles. The lowest BCUT2D eigenvalue weighted by Gasteiger charge is -2.09. The summed E-state index contributed by atoms with van der Waals surface area (Å²) in [6.07, 6.45) is 2.82. The number of aromatic nitrogens is 2. The Hall–Kier alpha value is -2.61. The number of anilines is 1. The van der Waals surface area contributed by atoms with Gasteiger partial charge in [0, 0.05) is 0 Å². The molecular weight excluding hydrogens is 216 g/mol. The first-order valence-electron chi connectivity index (χ1n) is 4.95. The fraction of sp³-hybridized carbons (Fsp3) is 0.0833. The Morgan fingerprint density at radius 1 is 1.41 bits per heavy atom. The minimum absolute atomic E-state index is 0.290. The first kappa shape index (κ1) is 10.9. The zero-order valence-electron chi connectivity index (χ0n) is 9.21. The predicted octanol–water partition coefficient (Wildman–Crippen LogP) is 2.03. The van der Waals surface area contributed by atoms with Crippen molar-refractivity contribution in [3.8, 4) is 17.7 Å². The number of aryl methyl sites for hydroxylation is 1. The molecule has 1 aromatic carbocycles. The molecule has 1 heterocycles. The third kappa shape index (κ3) is 2.32. The Labute approximate surface area is 98.5 Å². The van der Waals surface area contributed by atoms with Crippen LogP contribution in [0.1, 0.15) is 11.1 Å². The van der Waals surface area contributed by atoms with E-state index in [9.17, 15) is 0 Å². The molecule has 0 unspecified atom stereocenters. The summed E-state index contributed by atoms with van der Waals surface area (Å²) >= 11 is 0. The second kappa shape index (κ2) is 4.49. The minimum atomic E-state index is 0.290. The van der Waals surface area contributed by atoms with Crippen molar-refractivity contribution < 1.29 is 4.74 Å². The van der Waals surface area contributed by atoms with Gasteiger partial charge in [-0.1, -0.05) is 6.07 Å². The topological polar surface area (TPSA) is 84.8 Å². The minimum Gasteiger partial charge on any atom is -0.437 e. The van der Waals surface area contributed by atoms with Crippen molar-refractivity contribution in [2.45, 2.75) is 6.92 Å². The van der Waals surface area contributed by atoms with E-state index in [1.165, 1.54) is 12.5 Å². The summed E-state index contributed by atoms with van der Waals surface area (Å²) in [5.74, 6) is 0.854. The first-order chi connectivity index (χ1) is 8.20. The van der Waals surface area contributed by atoms with E-state index in [4.69, 9.17) is 15.7 Å². The van der Waals surface area contributed by atoms with E-state index in [0.717, 1.165) is 5.56 Å². The summed E-state index contributed by atoms with van der Waals surface area (Å²) in [6, 6.07) is 7.24. The largest absolute Gasteiger partial charge is 0.437 e. The van der Waals surface area contributed by atoms with E-state index < -0.39 is 0 Å². The highest BCUT2D eigenvalue weighted by atomic mass is 16.5. The van der Waals surface area contributed by atoms with Crippen molar-refractivity contribution >= 4 is 5.69 Å². The highest BCUT2D eigenvalue weighted by molar-refractivity contribution is 5.49. The monoisotopic (exact) mass is 226 g/mol. The molecule has 0 saturated carbocycles. The second-order valence-corrected chi connectivity index (χ2v) is 3.48. The van der Waals surface area contributed by atoms with E-state index in [1.807, 2.05) is 13.0 Å². The van der Waals surface area contributed by atoms with Gasteiger partial charge in [0.05, 0.1) is 17.8 Å². The van der Waals surface area contributed by atoms with Crippen LogP contribution in [0.3, 0.4) is 0 Å². The number of nitrogens with two attached hydrogens (primary N) is 1. The Balaban J connectivity index is 2.37. The van der Waals surface area contributed by atoms with Gasteiger partial charge in [0.2, 0.25) is 5.88 Å². The van der Waals surface area contributed by atoms with Crippen LogP contribution in [0, 0.1) is 18.3 Å². The van der Waals surface area contributed by atoms with Gasteiger partial charge in [0.15, 0.2) is 0 Å². The molecule has 1 aromatic heterocycles. The van der Waals surface area contributed by atoms with Crippen molar-refractivity contribution in [2.24, 2.45) is 0 Å². The summed E-state index contributed by atoms with van der Waals surface area (Å²) in [5.41, 5.74) is 7.46. The molecule has 5 nitrogen and oxygen atoms in total. The van der Waals surface area contributed by atoms with E-state index in [2.05, 4.69) is 16.0 Å². The molecule has 0 amide bonds. The van der Waals surface area contributed by atoms with Crippen molar-refractivity contribution in [1.82, 2.24) is 9.97 Å². The van der Waals surface area contributed by atoms with Crippen LogP contribution in [-0.2, 0) is 0 Å². The maximum absolute atomic E-state index is 8.82. The highest BCUT2D eigenvalue weighted by Gasteiger charge is 2.06. The maximum Gasteiger partial charge on any atom is 0.245 e. The Morgan fingerprint density at radius 3 is 2.94 bits per heavy atom. The third-order valence-corrected chi connectivity index (χ3v) is 2.23. The van der Waals surface area contributed by atoms with Crippen molar-refractivity contribution in [1.29, 1.82) is 5.26 Å². The fourth-order valence-corrected chi connectivity index (χ4v) is 1.30. The van der Waals surface area contributed by atoms with Crippen LogP contribution in [0.25, 0.3) is 0 Å². The van der Waals surface area contributed by atoms with Crippen LogP contribution >= 0.6 is 0 Å². The van der Waals surface area contributed by atoms with E-state index >= 15 is 0 Å². The van der Waals surface area contributed by atoms with Gasteiger partial charge in [-0.05, 0) is 24.6 Å². The van der Waals surface area contributed by atoms with Gasteiger partial charge in [0.1, 0.15) is 17.8 Å². The number of hydrogen-bond acceptors (Lipinski definition) is 5. The van der Waals surface area contributed by atoms with Crippen LogP contribution in [0.15, 0.2) is 30.7 Å². The lowest BCUT2D eigenvalue weighted by atomic mass is 10.1. The van der Waals surface area contributed by atoms with E-state index in [0.29, 0.717) is 17.0 Å². The molecule has 0 aliphatic carbocycles. The molecule has 2 rings (SSSR count). The van der Waals surface area contributed by atoms with Crippen molar-refractivity contribution in [3.05, 3.63) is 41.9 Å². The summed E-state index contributed by atoms with van der Waals surface area (Å²) in [4.78, 5) is 7.70. The number of nitrogen functional groups attached to an aromatic ring is 1. The van der Waals surface area contributed by atoms with E-state index in [1.54, 1.807) is 12.1 Å². The van der Waals surface area contributed by atoms with Gasteiger partial charge in [-0.25, -0.2) is 4.98 Å². The van der Waals surface area contributed by atoms with Gasteiger partial charge in [-0.3, -0.25) is 0 Å². The number of nitrogens with zero attached hydrogens (tertiary/aromatic N) is 3. The summed E-state index contributed by atoms with van der Waals surface area (Å²) in [7, 11) is 0. The third-order valence-electron chi connectivity index (χ3n) is 2.23. The van der Waals surface area contributed by atoms with Gasteiger partial charge < -0.3 is 10.5 Å². The SMILES string of the molecule is Cc1ccc(C#N)cc1Oc1ncncc1N. The molecule has 2 N–H and O–H groups in total. The lowest BCUT2D eigenvalue weighted by Crippen LogP contribution is -1.97. The molecule has 0 bridgehead atoms. The smallest absolute Gasteiger partial charge is 0.245 e. The molecule has 0 fully saturated rings. The molecule has 0 spiro atoms. The number of rotatable bonds is 2. The number of hydrogen-bond donors (Lipinski definition) is 1. The molecule has 0 radical (unpaired) electrons. The normalized spacial score (nSPS) is 9.65. The van der Waals surface area contributed by atoms with Gasteiger partial charge in [0.25, 0.3) is 0 Å². The maximum atomic E-state index is 8.82. The molecule has 5 heteroatoms. The zero-order chi connectivity index (χ0) is 12.3. The fourth-order valence-electron chi connectivity index (χ4n) is 1.30. The number of nitriles is 1. The molecular formula is C12H10N4O. The van der Waals surface area contributed by atoms with Gasteiger partial charge in [-0.2, -0.15) is 10.2 Å². The summed E-state index contributed by atoms with van der Waals surface area (Å²) in [5, 5.41) is 8.82. The predicted molar refractivity (Wildman–Crippen MR) is 62.4 cm³/mol. The van der Waals surface area contributed by atoms with Crippen molar-refractivity contribution in [3.63, 3.8) is 0 Å². The van der Waals surface area contributed by atoms with Crippen LogP contribution in [0.2, 0.25) is 0 Å². The average molecular weight is 226 g/mol. The van der Waals surface area contributed by atoms with Gasteiger partial charge >= 0.3 is 0 Å². The lowest BCUT2D eigenvalue weighted by molar-refractivity contribution is 0.460. The highest BCUT2D eigenvalue weighted by Crippen LogP contribution is 2.27. The Bertz CT molecular complexity index is 589. The molecule has 0 saturated heterocycles. The molecule has 0 aliphatic rings. The Morgan fingerprint density at radius 2 is 2.24 bits per heavy atom. The number of benzene rings is 1. The standard InChI is InChI=1S/C12H10N4O/c1-8-2-3-9(5-13)4-11(8)17-12-10(14)6-15-7-16-12/h2-4,6-7H,14H2,1H3. The average Bonchev–Trinajstić information content (AvgIpc) is 2.35. The quantitative estimate of drug-likeness (QED) is 0.846. The second-order valence-electron chi connectivity index (χ2n) is 3.48. The van der Waals surface area contributed by atoms with Gasteiger partial charge in [-0.15, -0.1) is 0 Å². The Kier molecular flexibility index (Phi) is 2.88. The molecule has 17 heavy (non-hydrogen) atoms. The zero-order valence-corrected chi connectivity index (χ0v) is 9.21. The van der Waals surface area contributed by atoms with Crippen LogP contribution in [0.5, 0.6) is 11.6 Å². The van der Waals surface area contributed by atoms with Crippen molar-refractivity contribution in [2.75, 3.05) is 5.73 Å². The number of ether oxygens (including phenoxy) is 1. The molecule has 84 valence electrons. The van der Waals surface area contributed by atoms with E-state index in [-0.39, 0.29) is 5.88 Å². The summed E-state index contributed by atoms with van der Waals surface area (Å²) < 4.78 is 5.56. The first-order valence-corrected chi connectivity index (χ1v) is 4.95. The molecule has 2 aromatic rings. The van der Waals surface area contributed by atoms with Crippen LogP contribution in [-0.4, -0.2) is 9.97 Å². The summed E-state index contributed by atoms with van der Waals surface area (Å²) in [6.45, 7) is 1.88. The van der Waals surface area contributed by atoms with Crippen LogP contribution < -0.4 is 10.5 Å². The molecule has 0 atom stereocenters.